The van der Waals surface area contributed by atoms with Gasteiger partial charge >= 0.3 is 47.6 Å². The smallest absolute Gasteiger partial charge is 0.336 e. The summed E-state index contributed by atoms with van der Waals surface area (Å²) >= 11 is 0. The van der Waals surface area contributed by atoms with Crippen molar-refractivity contribution in [3.63, 3.8) is 0 Å². The average molecular weight is 665 g/mol. The van der Waals surface area contributed by atoms with Crippen LogP contribution in [0.5, 0.6) is 0 Å². The minimum absolute atomic E-state index is 0.429. The van der Waals surface area contributed by atoms with Crippen molar-refractivity contribution in [1.82, 2.24) is 4.90 Å². The van der Waals surface area contributed by atoms with Crippen LogP contribution in [-0.2, 0) is 9.59 Å². The number of alkyl halides is 17. The molecule has 1 aliphatic heterocycles. The Morgan fingerprint density at radius 3 is 1.33 bits per heavy atom. The van der Waals surface area contributed by atoms with Crippen molar-refractivity contribution in [2.45, 2.75) is 87.3 Å². The highest BCUT2D eigenvalue weighted by atomic mass is 19.4. The van der Waals surface area contributed by atoms with Crippen LogP contribution in [0.2, 0.25) is 0 Å². The summed E-state index contributed by atoms with van der Waals surface area (Å²) in [4.78, 5) is 25.5. The normalized spacial score (nSPS) is 23.1. The van der Waals surface area contributed by atoms with E-state index in [1.807, 2.05) is 0 Å². The van der Waals surface area contributed by atoms with E-state index in [1.165, 1.54) is 20.8 Å². The second-order valence-corrected chi connectivity index (χ2v) is 11.3. The largest absolute Gasteiger partial charge is 0.460 e. The van der Waals surface area contributed by atoms with E-state index in [-0.39, 0.29) is 0 Å². The van der Waals surface area contributed by atoms with Gasteiger partial charge in [-0.2, -0.15) is 74.6 Å². The molecule has 248 valence electrons. The fourth-order valence-electron chi connectivity index (χ4n) is 4.58. The summed E-state index contributed by atoms with van der Waals surface area (Å²) in [6.45, 7) is 3.51. The van der Waals surface area contributed by atoms with Gasteiger partial charge in [-0.25, -0.2) is 0 Å². The van der Waals surface area contributed by atoms with Crippen LogP contribution < -0.4 is 0 Å². The van der Waals surface area contributed by atoms with Gasteiger partial charge in [0.2, 0.25) is 5.91 Å². The molecule has 0 bridgehead atoms. The van der Waals surface area contributed by atoms with Crippen LogP contribution >= 0.6 is 0 Å². The highest BCUT2D eigenvalue weighted by Gasteiger charge is 2.95. The van der Waals surface area contributed by atoms with E-state index in [2.05, 4.69) is 0 Å². The van der Waals surface area contributed by atoms with Crippen molar-refractivity contribution in [2.75, 3.05) is 6.54 Å². The van der Waals surface area contributed by atoms with Gasteiger partial charge in [0.05, 0.1) is 5.41 Å². The number of hydrogen-bond donors (Lipinski definition) is 0. The lowest BCUT2D eigenvalue weighted by Gasteiger charge is -2.45. The molecule has 2 aliphatic rings. The van der Waals surface area contributed by atoms with E-state index in [4.69, 9.17) is 0 Å². The van der Waals surface area contributed by atoms with Crippen LogP contribution in [-0.4, -0.2) is 76.3 Å². The molecule has 0 aromatic heterocycles. The Balaban J connectivity index is 2.71. The third-order valence-electron chi connectivity index (χ3n) is 7.43. The first-order valence-corrected chi connectivity index (χ1v) is 11.5. The Bertz CT molecular complexity index is 1190. The summed E-state index contributed by atoms with van der Waals surface area (Å²) in [5, 5.41) is 0. The molecule has 3 nitrogen and oxygen atoms in total. The van der Waals surface area contributed by atoms with E-state index >= 15 is 8.78 Å². The lowest BCUT2D eigenvalue weighted by molar-refractivity contribution is -0.462. The number of allylic oxidation sites excluding steroid dienone is 2. The number of carbonyl (C=O) groups is 2. The minimum atomic E-state index is -8.74. The Morgan fingerprint density at radius 1 is 0.628 bits per heavy atom. The second kappa shape index (κ2) is 9.47. The molecule has 0 saturated carbocycles. The molecule has 43 heavy (non-hydrogen) atoms. The fraction of sp³-hybridized carbons (Fsp3) is 0.739. The molecule has 1 spiro atoms. The van der Waals surface area contributed by atoms with Crippen molar-refractivity contribution in [1.29, 1.82) is 0 Å². The molecule has 1 heterocycles. The molecule has 1 atom stereocenters. The van der Waals surface area contributed by atoms with E-state index in [0.29, 0.717) is 31.2 Å². The standard InChI is InChI=1S/C23H20F17NO2/c1-13(2,3)41-10-15(7-5-11(42)6-8-15)14(4,12(41)43)9-16(24,25)17(26,27)18(28,29)19(30,31)20(32,33)21(34,35)22(36,37)23(38,39)40/h5-8H,9-10H2,1-4H3. The number of ketones is 1. The van der Waals surface area contributed by atoms with Crippen LogP contribution in [0.4, 0.5) is 74.6 Å². The zero-order chi connectivity index (χ0) is 34.5. The van der Waals surface area contributed by atoms with Gasteiger partial charge in [-0.15, -0.1) is 0 Å². The maximum absolute atomic E-state index is 15.0. The molecule has 1 unspecified atom stereocenters. The van der Waals surface area contributed by atoms with Crippen LogP contribution in [0.1, 0.15) is 34.1 Å². The second-order valence-electron chi connectivity index (χ2n) is 11.3. The van der Waals surface area contributed by atoms with E-state index < -0.39 is 88.7 Å². The monoisotopic (exact) mass is 665 g/mol. The van der Waals surface area contributed by atoms with E-state index in [9.17, 15) is 75.4 Å². The Hall–Kier alpha value is -2.57. The number of carbonyl (C=O) groups excluding carboxylic acids is 2. The molecule has 0 radical (unpaired) electrons. The summed E-state index contributed by atoms with van der Waals surface area (Å²) in [6.07, 6.45) is -8.07. The number of rotatable bonds is 8. The number of halogens is 17. The zero-order valence-corrected chi connectivity index (χ0v) is 21.9. The quantitative estimate of drug-likeness (QED) is 0.249. The number of nitrogens with zero attached hydrogens (tertiary/aromatic N) is 1. The molecule has 0 aromatic carbocycles. The molecular formula is C23H20F17NO2. The highest BCUT2D eigenvalue weighted by molar-refractivity contribution is 6.01. The first-order chi connectivity index (χ1) is 18.6. The molecule has 0 N–H and O–H groups in total. The minimum Gasteiger partial charge on any atom is -0.336 e. The molecular weight excluding hydrogens is 645 g/mol. The summed E-state index contributed by atoms with van der Waals surface area (Å²) in [5.74, 6) is -59.9. The summed E-state index contributed by atoms with van der Waals surface area (Å²) < 4.78 is 234. The lowest BCUT2D eigenvalue weighted by Crippen LogP contribution is -2.74. The third-order valence-corrected chi connectivity index (χ3v) is 7.43. The summed E-state index contributed by atoms with van der Waals surface area (Å²) in [7, 11) is 0. The van der Waals surface area contributed by atoms with Gasteiger partial charge < -0.3 is 4.90 Å². The molecule has 0 aromatic rings. The zero-order valence-electron chi connectivity index (χ0n) is 21.9. The Labute approximate surface area is 230 Å². The maximum atomic E-state index is 15.0. The van der Waals surface area contributed by atoms with Gasteiger partial charge in [0.15, 0.2) is 5.78 Å². The van der Waals surface area contributed by atoms with Gasteiger partial charge in [0.25, 0.3) is 0 Å². The third kappa shape index (κ3) is 4.70. The maximum Gasteiger partial charge on any atom is 0.460 e. The predicted octanol–water partition coefficient (Wildman–Crippen LogP) is 7.71. The molecule has 1 saturated heterocycles. The summed E-state index contributed by atoms with van der Waals surface area (Å²) in [6, 6.07) is 0. The van der Waals surface area contributed by atoms with Crippen molar-refractivity contribution in [2.24, 2.45) is 10.8 Å². The van der Waals surface area contributed by atoms with Crippen LogP contribution in [0.25, 0.3) is 0 Å². The van der Waals surface area contributed by atoms with Crippen molar-refractivity contribution in [3.05, 3.63) is 24.3 Å². The van der Waals surface area contributed by atoms with Gasteiger partial charge in [-0.05, 0) is 39.8 Å². The van der Waals surface area contributed by atoms with Crippen LogP contribution in [0.3, 0.4) is 0 Å². The summed E-state index contributed by atoms with van der Waals surface area (Å²) in [5.41, 5.74) is -6.70. The SMILES string of the molecule is CC(C)(C)N1CC2(C=CC(=O)C=C2)C(C)(CC(F)(F)C(F)(F)C(F)(F)C(F)(F)C(F)(F)C(F)(F)C(F)(F)C(F)(F)F)C1=O. The molecule has 2 rings (SSSR count). The van der Waals surface area contributed by atoms with Crippen LogP contribution in [0.15, 0.2) is 24.3 Å². The first-order valence-electron chi connectivity index (χ1n) is 11.5. The Kier molecular flexibility index (Phi) is 8.06. The van der Waals surface area contributed by atoms with Crippen LogP contribution in [0, 0.1) is 10.8 Å². The van der Waals surface area contributed by atoms with Gasteiger partial charge in [0.1, 0.15) is 0 Å². The molecule has 1 amide bonds. The number of hydrogen-bond acceptors (Lipinski definition) is 2. The topological polar surface area (TPSA) is 37.4 Å². The first kappa shape index (κ1) is 36.6. The van der Waals surface area contributed by atoms with E-state index in [0.717, 1.165) is 4.90 Å². The molecule has 1 fully saturated rings. The van der Waals surface area contributed by atoms with Gasteiger partial charge in [0, 0.05) is 23.9 Å². The highest BCUT2D eigenvalue weighted by Crippen LogP contribution is 2.66. The number of likely N-dealkylation sites (tertiary alicyclic amines) is 1. The Morgan fingerprint density at radius 2 is 0.977 bits per heavy atom. The average Bonchev–Trinajstić information content (AvgIpc) is 3.01. The van der Waals surface area contributed by atoms with Gasteiger partial charge in [-0.3, -0.25) is 9.59 Å². The van der Waals surface area contributed by atoms with Crippen molar-refractivity contribution >= 4 is 11.7 Å². The lowest BCUT2D eigenvalue weighted by atomic mass is 9.61. The van der Waals surface area contributed by atoms with Crippen molar-refractivity contribution in [3.8, 4) is 0 Å². The predicted molar refractivity (Wildman–Crippen MR) is 111 cm³/mol. The molecule has 1 aliphatic carbocycles. The van der Waals surface area contributed by atoms with E-state index in [1.54, 1.807) is 0 Å². The van der Waals surface area contributed by atoms with Gasteiger partial charge in [-0.1, -0.05) is 12.2 Å². The fourth-order valence-corrected chi connectivity index (χ4v) is 4.58. The molecule has 20 heteroatoms. The van der Waals surface area contributed by atoms with Crippen molar-refractivity contribution < 1.29 is 84.2 Å². The number of amides is 1.